The lowest BCUT2D eigenvalue weighted by atomic mass is 10.0. The molecule has 1 atom stereocenters. The lowest BCUT2D eigenvalue weighted by Gasteiger charge is -2.34. The molecule has 0 saturated heterocycles. The maximum Gasteiger partial charge on any atom is 0.104 e. The predicted octanol–water partition coefficient (Wildman–Crippen LogP) is 3.72. The molecule has 0 aliphatic rings. The van der Waals surface area contributed by atoms with E-state index in [1.807, 2.05) is 0 Å². The fourth-order valence-corrected chi connectivity index (χ4v) is 4.05. The van der Waals surface area contributed by atoms with Gasteiger partial charge in [0.15, 0.2) is 0 Å². The first-order chi connectivity index (χ1) is 13.2. The summed E-state index contributed by atoms with van der Waals surface area (Å²) in [4.78, 5) is 0. The number of rotatable bonds is 18. The molecular formula is C25H46BrNO. The Morgan fingerprint density at radius 1 is 0.679 bits per heavy atom. The third kappa shape index (κ3) is 14.6. The van der Waals surface area contributed by atoms with Crippen LogP contribution in [0.5, 0.6) is 0 Å². The van der Waals surface area contributed by atoms with Crippen molar-refractivity contribution in [3.05, 3.63) is 35.9 Å². The third-order valence-electron chi connectivity index (χ3n) is 5.85. The van der Waals surface area contributed by atoms with Crippen LogP contribution in [-0.4, -0.2) is 36.3 Å². The first-order valence-corrected chi connectivity index (χ1v) is 11.7. The van der Waals surface area contributed by atoms with Gasteiger partial charge in [0.25, 0.3) is 0 Å². The fraction of sp³-hybridized carbons (Fsp3) is 0.760. The largest absolute Gasteiger partial charge is 1.00 e. The molecule has 0 aliphatic heterocycles. The number of halogens is 1. The average Bonchev–Trinajstić information content (AvgIpc) is 2.66. The standard InChI is InChI=1S/C25H46NO.BrH/c1-3-4-5-6-7-8-9-10-11-12-13-14-18-21-26(2,22-23-27)24-25-19-16-15-17-20-25;/h15-17,19-20,27H,3-14,18,21-24H2,1-2H3;1H/q+1;/p-1. The van der Waals surface area contributed by atoms with Crippen molar-refractivity contribution in [2.24, 2.45) is 0 Å². The van der Waals surface area contributed by atoms with Crippen molar-refractivity contribution in [3.63, 3.8) is 0 Å². The van der Waals surface area contributed by atoms with E-state index in [-0.39, 0.29) is 23.6 Å². The second kappa shape index (κ2) is 18.6. The molecule has 2 nitrogen and oxygen atoms in total. The van der Waals surface area contributed by atoms with E-state index in [1.165, 1.54) is 95.6 Å². The van der Waals surface area contributed by atoms with E-state index >= 15 is 0 Å². The summed E-state index contributed by atoms with van der Waals surface area (Å²) in [5.41, 5.74) is 1.38. The number of hydrogen-bond acceptors (Lipinski definition) is 1. The Balaban J connectivity index is 0.00000729. The van der Waals surface area contributed by atoms with Gasteiger partial charge in [0.2, 0.25) is 0 Å². The quantitative estimate of drug-likeness (QED) is 0.264. The fourth-order valence-electron chi connectivity index (χ4n) is 4.05. The van der Waals surface area contributed by atoms with Crippen LogP contribution in [0.2, 0.25) is 0 Å². The van der Waals surface area contributed by atoms with Gasteiger partial charge in [-0.3, -0.25) is 0 Å². The van der Waals surface area contributed by atoms with Crippen molar-refractivity contribution in [1.82, 2.24) is 0 Å². The first-order valence-electron chi connectivity index (χ1n) is 11.7. The summed E-state index contributed by atoms with van der Waals surface area (Å²) in [7, 11) is 2.30. The molecule has 3 heteroatoms. The van der Waals surface area contributed by atoms with E-state index in [1.54, 1.807) is 0 Å². The Labute approximate surface area is 186 Å². The molecule has 1 N–H and O–H groups in total. The number of likely N-dealkylation sites (N-methyl/N-ethyl adjacent to an activating group) is 1. The number of quaternary nitrogens is 1. The maximum absolute atomic E-state index is 9.47. The van der Waals surface area contributed by atoms with Crippen LogP contribution in [0.25, 0.3) is 0 Å². The molecule has 0 saturated carbocycles. The minimum absolute atomic E-state index is 0. The van der Waals surface area contributed by atoms with Crippen molar-refractivity contribution in [2.75, 3.05) is 26.7 Å². The number of nitrogens with zero attached hydrogens (tertiary/aromatic N) is 1. The van der Waals surface area contributed by atoms with Crippen molar-refractivity contribution in [1.29, 1.82) is 0 Å². The van der Waals surface area contributed by atoms with Gasteiger partial charge in [-0.15, -0.1) is 0 Å². The van der Waals surface area contributed by atoms with Crippen LogP contribution < -0.4 is 17.0 Å². The van der Waals surface area contributed by atoms with Gasteiger partial charge in [0.1, 0.15) is 13.1 Å². The SMILES string of the molecule is CCCCCCCCCCCCCCC[N+](C)(CCO)Cc1ccccc1.[Br-]. The Morgan fingerprint density at radius 2 is 1.14 bits per heavy atom. The van der Waals surface area contributed by atoms with Gasteiger partial charge in [-0.2, -0.15) is 0 Å². The van der Waals surface area contributed by atoms with Crippen LogP contribution in [0.4, 0.5) is 0 Å². The molecule has 1 rings (SSSR count). The highest BCUT2D eigenvalue weighted by molar-refractivity contribution is 5.13. The van der Waals surface area contributed by atoms with Crippen LogP contribution in [0.1, 0.15) is 96.0 Å². The Hall–Kier alpha value is -0.380. The third-order valence-corrected chi connectivity index (χ3v) is 5.85. The van der Waals surface area contributed by atoms with E-state index in [2.05, 4.69) is 44.3 Å². The second-order valence-corrected chi connectivity index (χ2v) is 8.68. The molecule has 1 unspecified atom stereocenters. The number of aliphatic hydroxyl groups excluding tert-OH is 1. The smallest absolute Gasteiger partial charge is 0.104 e. The zero-order chi connectivity index (χ0) is 19.6. The molecule has 28 heavy (non-hydrogen) atoms. The molecule has 0 fully saturated rings. The predicted molar refractivity (Wildman–Crippen MR) is 119 cm³/mol. The molecule has 0 spiro atoms. The van der Waals surface area contributed by atoms with Gasteiger partial charge in [-0.05, 0) is 12.8 Å². The minimum atomic E-state index is 0. The molecule has 0 amide bonds. The second-order valence-electron chi connectivity index (χ2n) is 8.68. The molecule has 164 valence electrons. The summed E-state index contributed by atoms with van der Waals surface area (Å²) in [6, 6.07) is 10.7. The van der Waals surface area contributed by atoms with Gasteiger partial charge < -0.3 is 26.6 Å². The number of unbranched alkanes of at least 4 members (excludes halogenated alkanes) is 12. The van der Waals surface area contributed by atoms with Crippen LogP contribution in [0.15, 0.2) is 30.3 Å². The highest BCUT2D eigenvalue weighted by atomic mass is 79.9. The summed E-state index contributed by atoms with van der Waals surface area (Å²) in [6.45, 7) is 5.62. The van der Waals surface area contributed by atoms with Gasteiger partial charge in [0.05, 0.1) is 20.2 Å². The summed E-state index contributed by atoms with van der Waals surface area (Å²) in [5.74, 6) is 0. The summed E-state index contributed by atoms with van der Waals surface area (Å²) >= 11 is 0. The molecule has 0 bridgehead atoms. The van der Waals surface area contributed by atoms with Crippen LogP contribution in [0.3, 0.4) is 0 Å². The van der Waals surface area contributed by atoms with Crippen molar-refractivity contribution >= 4 is 0 Å². The number of aliphatic hydroxyl groups is 1. The Morgan fingerprint density at radius 3 is 1.61 bits per heavy atom. The summed E-state index contributed by atoms with van der Waals surface area (Å²) < 4.78 is 0.957. The molecule has 0 heterocycles. The van der Waals surface area contributed by atoms with Gasteiger partial charge >= 0.3 is 0 Å². The highest BCUT2D eigenvalue weighted by Gasteiger charge is 2.20. The van der Waals surface area contributed by atoms with Crippen LogP contribution in [-0.2, 0) is 6.54 Å². The van der Waals surface area contributed by atoms with Crippen LogP contribution in [0, 0.1) is 0 Å². The summed E-state index contributed by atoms with van der Waals surface area (Å²) in [6.07, 6.45) is 18.2. The van der Waals surface area contributed by atoms with Gasteiger partial charge in [-0.25, -0.2) is 0 Å². The van der Waals surface area contributed by atoms with Crippen molar-refractivity contribution < 1.29 is 26.6 Å². The number of hydrogen-bond donors (Lipinski definition) is 1. The van der Waals surface area contributed by atoms with E-state index in [0.717, 1.165) is 17.6 Å². The lowest BCUT2D eigenvalue weighted by Crippen LogP contribution is -3.00. The maximum atomic E-state index is 9.47. The van der Waals surface area contributed by atoms with Crippen molar-refractivity contribution in [3.8, 4) is 0 Å². The first kappa shape index (κ1) is 27.6. The van der Waals surface area contributed by atoms with E-state index < -0.39 is 0 Å². The monoisotopic (exact) mass is 455 g/mol. The molecule has 1 aromatic carbocycles. The van der Waals surface area contributed by atoms with Crippen molar-refractivity contribution in [2.45, 2.75) is 96.9 Å². The lowest BCUT2D eigenvalue weighted by molar-refractivity contribution is -0.923. The average molecular weight is 457 g/mol. The molecule has 0 aromatic heterocycles. The van der Waals surface area contributed by atoms with Crippen LogP contribution >= 0.6 is 0 Å². The van der Waals surface area contributed by atoms with E-state index in [4.69, 9.17) is 0 Å². The van der Waals surface area contributed by atoms with Gasteiger partial charge in [-0.1, -0.05) is 108 Å². The Kier molecular flexibility index (Phi) is 18.4. The minimum Gasteiger partial charge on any atom is -1.00 e. The number of benzene rings is 1. The molecular weight excluding hydrogens is 410 g/mol. The zero-order valence-corrected chi connectivity index (χ0v) is 20.3. The highest BCUT2D eigenvalue weighted by Crippen LogP contribution is 2.16. The van der Waals surface area contributed by atoms with E-state index in [0.29, 0.717) is 0 Å². The molecule has 0 aliphatic carbocycles. The molecule has 1 aromatic rings. The van der Waals surface area contributed by atoms with E-state index in [9.17, 15) is 5.11 Å². The topological polar surface area (TPSA) is 20.2 Å². The molecule has 0 radical (unpaired) electrons. The normalized spacial score (nSPS) is 13.1. The summed E-state index contributed by atoms with van der Waals surface area (Å²) in [5, 5.41) is 9.47. The Bertz CT molecular complexity index is 439. The van der Waals surface area contributed by atoms with Gasteiger partial charge in [0, 0.05) is 5.56 Å². The zero-order valence-electron chi connectivity index (χ0n) is 18.7.